The predicted octanol–water partition coefficient (Wildman–Crippen LogP) is 9.57. The van der Waals surface area contributed by atoms with Gasteiger partial charge in [-0.2, -0.15) is 0 Å². The number of carbonyl (C=O) groups is 7. The summed E-state index contributed by atoms with van der Waals surface area (Å²) in [5.41, 5.74) is -0.281. The second kappa shape index (κ2) is 27.0. The van der Waals surface area contributed by atoms with Gasteiger partial charge < -0.3 is 34.4 Å². The molecular weight excluding hydrogens is 1290 g/mol. The number of aromatic nitrogens is 2. The van der Waals surface area contributed by atoms with Crippen molar-refractivity contribution in [1.29, 1.82) is 0 Å². The molecule has 0 radical (unpaired) electrons. The molecule has 0 bridgehead atoms. The number of hydrogen-bond acceptors (Lipinski definition) is 16. The average molecular weight is 1380 g/mol. The number of carbonyl (C=O) groups excluding carboxylic acids is 6. The van der Waals surface area contributed by atoms with Crippen LogP contribution in [-0.4, -0.2) is 141 Å². The van der Waals surface area contributed by atoms with E-state index in [2.05, 4.69) is 10.0 Å². The monoisotopic (exact) mass is 1380 g/mol. The molecule has 4 aliphatic carbocycles. The first-order valence-corrected chi connectivity index (χ1v) is 38.0. The van der Waals surface area contributed by atoms with Gasteiger partial charge in [0.25, 0.3) is 0 Å². The van der Waals surface area contributed by atoms with Crippen molar-refractivity contribution >= 4 is 95.4 Å². The van der Waals surface area contributed by atoms with E-state index in [1.165, 1.54) is 0 Å². The molecule has 24 heteroatoms. The maximum atomic E-state index is 14.7. The van der Waals surface area contributed by atoms with E-state index in [0.29, 0.717) is 55.7 Å². The summed E-state index contributed by atoms with van der Waals surface area (Å²) in [6.07, 6.45) is 27.2. The number of ether oxygens (including phenoxy) is 3. The number of nitrogens with zero attached hydrogens (tertiary/aromatic N) is 4. The first-order chi connectivity index (χ1) is 46.4. The number of aliphatic carboxylic acids is 1. The maximum Gasteiger partial charge on any atom is 0.330 e. The number of amides is 4. The highest BCUT2D eigenvalue weighted by molar-refractivity contribution is 7.91. The fourth-order valence-corrected chi connectivity index (χ4v) is 17.3. The van der Waals surface area contributed by atoms with Gasteiger partial charge in [0.05, 0.1) is 63.9 Å². The van der Waals surface area contributed by atoms with Crippen LogP contribution in [0.5, 0.6) is 11.5 Å². The number of aryl methyl sites for hydroxylation is 2. The molecule has 2 spiro atoms. The van der Waals surface area contributed by atoms with Gasteiger partial charge in [-0.1, -0.05) is 105 Å². The Labute approximate surface area is 573 Å². The third-order valence-electron chi connectivity index (χ3n) is 21.1. The minimum absolute atomic E-state index is 0.0633. The fraction of sp³-hybridized carbons (Fsp3) is 0.554. The number of nitrogens with one attached hydrogen (secondary N) is 2. The Morgan fingerprint density at radius 3 is 1.76 bits per heavy atom. The number of para-hydroxylation sites is 2. The largest absolute Gasteiger partial charge is 0.479 e. The third-order valence-corrected chi connectivity index (χ3v) is 24.3. The molecule has 10 aliphatic rings. The number of allylic oxidation sites excluding steroid dienone is 3. The van der Waals surface area contributed by atoms with Gasteiger partial charge in [-0.05, 0) is 142 Å². The molecule has 98 heavy (non-hydrogen) atoms. The molecule has 4 saturated carbocycles. The Balaban J connectivity index is 0.000000175. The molecule has 2 aromatic carbocycles. The zero-order valence-electron chi connectivity index (χ0n) is 56.8. The van der Waals surface area contributed by atoms with Crippen molar-refractivity contribution in [2.24, 2.45) is 34.2 Å². The van der Waals surface area contributed by atoms with Crippen molar-refractivity contribution in [2.45, 2.75) is 215 Å². The third kappa shape index (κ3) is 14.9. The Hall–Kier alpha value is -7.83. The van der Waals surface area contributed by atoms with Crippen molar-refractivity contribution < 1.29 is 69.7 Å². The molecule has 5 N–H and O–H groups in total. The number of carboxylic acids is 1. The molecule has 2 saturated heterocycles. The Morgan fingerprint density at radius 1 is 0.694 bits per heavy atom. The topological polar surface area (TPSA) is 318 Å². The standard InChI is InChI=1S/C40H49N3O8S.C31H35N3O5.C3H7NO2S/c1-25-35-30(29-14-10-11-15-31(29)41-25)18-19-39(51-35)22-32-33(44)23-40(37(47)42-52(48,49)28-16-17-28)21-27(40)13-9-7-5-6-8-12-26(36(46)43(32)24-39)20-34(45)50-38(2,3)4;1-19-10-6-4-3-5-7-11-21-16-31(21,29(37)38)33-27(35)25-17-30(18-34(25)28(19)36)15-14-23-22-12-8-9-13-24(22)32-20(2)26(23)39-30;4-7(5,6)3-1-2-3/h9-11,13-15,18-19,26-28,32H,5-8,12,16-17,20-24H2,1-4H3,(H,42,47);7-9,11-15,19,21,25H,3-6,10,16-18H2,1-2H3,(H,33,35)(H,37,38);3H,1-2H2,(H2,4,5,6)/b13-9-;11-7-;/t26-,27-,32+,39-,40-;19-,21+,25-,30+,31+;/m10./s1. The van der Waals surface area contributed by atoms with Gasteiger partial charge in [0.15, 0.2) is 5.78 Å². The molecule has 4 aromatic rings. The number of primary sulfonamides is 1. The van der Waals surface area contributed by atoms with Crippen molar-refractivity contribution in [3.05, 3.63) is 108 Å². The number of fused-ring (bicyclic) bond motifs is 10. The van der Waals surface area contributed by atoms with Crippen LogP contribution in [0, 0.1) is 42.9 Å². The number of esters is 1. The number of benzene rings is 2. The second-order valence-electron chi connectivity index (χ2n) is 30.0. The van der Waals surface area contributed by atoms with Crippen LogP contribution in [0.4, 0.5) is 0 Å². The zero-order chi connectivity index (χ0) is 69.9. The van der Waals surface area contributed by atoms with E-state index in [9.17, 15) is 55.5 Å². The van der Waals surface area contributed by atoms with Gasteiger partial charge in [-0.3, -0.25) is 33.5 Å². The van der Waals surface area contributed by atoms with Gasteiger partial charge in [-0.25, -0.2) is 36.7 Å². The minimum atomic E-state index is -3.84. The lowest BCUT2D eigenvalue weighted by Crippen LogP contribution is -2.53. The summed E-state index contributed by atoms with van der Waals surface area (Å²) in [5, 5.41) is 18.7. The Morgan fingerprint density at radius 2 is 1.22 bits per heavy atom. The molecular formula is C74H91N7O15S2. The number of pyridine rings is 2. The van der Waals surface area contributed by atoms with Crippen molar-refractivity contribution in [3.63, 3.8) is 0 Å². The summed E-state index contributed by atoms with van der Waals surface area (Å²) >= 11 is 0. The van der Waals surface area contributed by atoms with E-state index in [0.717, 1.165) is 103 Å². The number of Topliss-reactive ketones (excluding diaryl/α,β-unsaturated/α-hetero) is 1. The summed E-state index contributed by atoms with van der Waals surface area (Å²) < 4.78 is 67.5. The van der Waals surface area contributed by atoms with Crippen LogP contribution in [0.15, 0.2) is 85.0 Å². The minimum Gasteiger partial charge on any atom is -0.479 e. The van der Waals surface area contributed by atoms with Gasteiger partial charge in [0.2, 0.25) is 43.7 Å². The van der Waals surface area contributed by atoms with Crippen LogP contribution in [0.25, 0.3) is 34.0 Å². The van der Waals surface area contributed by atoms with E-state index >= 15 is 0 Å². The molecule has 524 valence electrons. The van der Waals surface area contributed by atoms with Crippen molar-refractivity contribution in [3.8, 4) is 11.5 Å². The normalized spacial score (nSPS) is 30.8. The number of ketones is 1. The van der Waals surface area contributed by atoms with E-state index in [4.69, 9.17) is 29.3 Å². The molecule has 8 heterocycles. The SMILES string of the molecule is Cc1nc2ccccc2c2c1O[C@]1(C=C2)C[C@H]2C(=O)C[C@]3(C(=O)NS(=O)(=O)C4CC4)C[C@H]3/C=C\CCCCC[C@H](CC(=O)OC(C)(C)C)C(=O)N2C1.Cc1nc2ccccc2c2c1O[C@]1(C=C2)C[C@H]2C(=O)N[C@]3(C(=O)O)C[C@H]3/C=C\CCCCC[C@H](C)C(=O)N2C1.NS(=O)(=O)C1CC1. The second-order valence-corrected chi connectivity index (χ2v) is 33.8. The number of hydrogen-bond donors (Lipinski definition) is 4. The van der Waals surface area contributed by atoms with Crippen LogP contribution in [0.1, 0.15) is 179 Å². The number of sulfonamides is 2. The molecule has 0 unspecified atom stereocenters. The highest BCUT2D eigenvalue weighted by Crippen LogP contribution is 2.58. The Bertz CT molecular complexity index is 4250. The zero-order valence-corrected chi connectivity index (χ0v) is 58.4. The molecule has 2 aromatic heterocycles. The lowest BCUT2D eigenvalue weighted by molar-refractivity contribution is -0.159. The van der Waals surface area contributed by atoms with Crippen LogP contribution in [0.3, 0.4) is 0 Å². The summed E-state index contributed by atoms with van der Waals surface area (Å²) in [4.78, 5) is 109. The lowest BCUT2D eigenvalue weighted by atomic mass is 9.88. The average Bonchev–Trinajstić information content (AvgIpc) is 1.48. The lowest BCUT2D eigenvalue weighted by Gasteiger charge is -2.33. The first-order valence-electron chi connectivity index (χ1n) is 34.8. The number of rotatable bonds is 7. The van der Waals surface area contributed by atoms with Crippen molar-refractivity contribution in [1.82, 2.24) is 29.8 Å². The van der Waals surface area contributed by atoms with Gasteiger partial charge in [0.1, 0.15) is 39.9 Å². The Kier molecular flexibility index (Phi) is 19.3. The van der Waals surface area contributed by atoms with E-state index in [1.807, 2.05) is 118 Å². The highest BCUT2D eigenvalue weighted by atomic mass is 32.2. The molecule has 10 atom stereocenters. The summed E-state index contributed by atoms with van der Waals surface area (Å²) in [6.45, 7) is 11.3. The van der Waals surface area contributed by atoms with Crippen LogP contribution >= 0.6 is 0 Å². The number of carboxylic acid groups (broad SMARTS) is 1. The summed E-state index contributed by atoms with van der Waals surface area (Å²) in [5.74, 6) is -3.61. The molecule has 14 rings (SSSR count). The van der Waals surface area contributed by atoms with Crippen molar-refractivity contribution in [2.75, 3.05) is 13.1 Å². The maximum absolute atomic E-state index is 14.7. The number of nitrogens with two attached hydrogens (primary N) is 1. The molecule has 4 amide bonds. The van der Waals surface area contributed by atoms with E-state index in [-0.39, 0.29) is 79.4 Å². The summed E-state index contributed by atoms with van der Waals surface area (Å²) in [6, 6.07) is 13.9. The first kappa shape index (κ1) is 70.0. The smallest absolute Gasteiger partial charge is 0.330 e. The molecule has 6 fully saturated rings. The van der Waals surface area contributed by atoms with Crippen LogP contribution in [0.2, 0.25) is 0 Å². The van der Waals surface area contributed by atoms with E-state index < -0.39 is 94.8 Å². The van der Waals surface area contributed by atoms with Gasteiger partial charge in [-0.15, -0.1) is 0 Å². The van der Waals surface area contributed by atoms with Crippen LogP contribution < -0.4 is 24.7 Å². The quantitative estimate of drug-likeness (QED) is 0.0988. The van der Waals surface area contributed by atoms with Gasteiger partial charge >= 0.3 is 11.9 Å². The molecule has 6 aliphatic heterocycles. The summed E-state index contributed by atoms with van der Waals surface area (Å²) in [7, 11) is -6.97. The van der Waals surface area contributed by atoms with Gasteiger partial charge in [0, 0.05) is 58.9 Å². The fourth-order valence-electron chi connectivity index (χ4n) is 15.1. The molecule has 22 nitrogen and oxygen atoms in total. The predicted molar refractivity (Wildman–Crippen MR) is 369 cm³/mol. The van der Waals surface area contributed by atoms with E-state index in [1.54, 1.807) is 30.6 Å². The highest BCUT2D eigenvalue weighted by Gasteiger charge is 2.64. The van der Waals surface area contributed by atoms with Crippen LogP contribution in [-0.2, 0) is 58.3 Å².